The van der Waals surface area contributed by atoms with E-state index in [1.54, 1.807) is 0 Å². The first-order valence-corrected chi connectivity index (χ1v) is 10.6. The lowest BCUT2D eigenvalue weighted by atomic mass is 10.1. The van der Waals surface area contributed by atoms with Gasteiger partial charge in [-0.25, -0.2) is 0 Å². The van der Waals surface area contributed by atoms with Gasteiger partial charge in [0.15, 0.2) is 6.29 Å². The number of nitrogens with zero attached hydrogens (tertiary/aromatic N) is 1. The lowest BCUT2D eigenvalue weighted by Gasteiger charge is -2.26. The molecule has 0 aromatic heterocycles. The van der Waals surface area contributed by atoms with Crippen LogP contribution in [-0.2, 0) is 19.1 Å². The molecule has 1 rings (SSSR count). The first-order valence-electron chi connectivity index (χ1n) is 10.6. The molecule has 0 aliphatic rings. The number of benzene rings is 1. The Hall–Kier alpha value is -2.37. The Morgan fingerprint density at radius 3 is 1.76 bits per heavy atom. The van der Waals surface area contributed by atoms with Crippen LogP contribution in [-0.4, -0.2) is 44.5 Å². The molecule has 29 heavy (non-hydrogen) atoms. The van der Waals surface area contributed by atoms with E-state index in [-0.39, 0.29) is 11.9 Å². The number of hydrogen-bond acceptors (Lipinski definition) is 6. The minimum Gasteiger partial charge on any atom is -0.466 e. The molecule has 0 bridgehead atoms. The summed E-state index contributed by atoms with van der Waals surface area (Å²) in [6, 6.07) is 7.71. The van der Waals surface area contributed by atoms with Crippen molar-refractivity contribution in [3.63, 3.8) is 0 Å². The average Bonchev–Trinajstić information content (AvgIpc) is 2.70. The van der Waals surface area contributed by atoms with Gasteiger partial charge in [-0.15, -0.1) is 0 Å². The normalized spacial score (nSPS) is 10.4. The van der Waals surface area contributed by atoms with Crippen LogP contribution in [0.3, 0.4) is 0 Å². The minimum absolute atomic E-state index is 0.227. The molecule has 0 radical (unpaired) electrons. The highest BCUT2D eigenvalue weighted by Gasteiger charge is 2.10. The first-order chi connectivity index (χ1) is 14.0. The highest BCUT2D eigenvalue weighted by atomic mass is 16.5. The lowest BCUT2D eigenvalue weighted by molar-refractivity contribution is -0.142. The summed E-state index contributed by atoms with van der Waals surface area (Å²) in [5.74, 6) is -0.455. The van der Waals surface area contributed by atoms with Gasteiger partial charge < -0.3 is 14.4 Å². The van der Waals surface area contributed by atoms with Crippen LogP contribution >= 0.6 is 0 Å². The maximum absolute atomic E-state index is 11.4. The molecular formula is C23H35NO5. The molecule has 0 unspecified atom stereocenters. The van der Waals surface area contributed by atoms with Gasteiger partial charge in [-0.2, -0.15) is 0 Å². The number of unbranched alkanes of at least 4 members (excludes halogenated alkanes) is 6. The fraction of sp³-hybridized carbons (Fsp3) is 0.609. The van der Waals surface area contributed by atoms with Crippen LogP contribution in [0.4, 0.5) is 5.69 Å². The van der Waals surface area contributed by atoms with Gasteiger partial charge in [0.25, 0.3) is 0 Å². The van der Waals surface area contributed by atoms with Crippen LogP contribution in [0.2, 0.25) is 0 Å². The average molecular weight is 406 g/mol. The van der Waals surface area contributed by atoms with E-state index in [0.29, 0.717) is 13.2 Å². The summed E-state index contributed by atoms with van der Waals surface area (Å²) in [6.07, 6.45) is 8.89. The molecule has 0 saturated carbocycles. The maximum atomic E-state index is 11.4. The van der Waals surface area contributed by atoms with E-state index >= 15 is 0 Å². The third-order valence-electron chi connectivity index (χ3n) is 4.66. The van der Waals surface area contributed by atoms with Crippen molar-refractivity contribution in [2.24, 2.45) is 0 Å². The molecule has 0 fully saturated rings. The molecule has 0 saturated heterocycles. The zero-order valence-corrected chi connectivity index (χ0v) is 17.9. The summed E-state index contributed by atoms with van der Waals surface area (Å²) in [4.78, 5) is 35.3. The first kappa shape index (κ1) is 24.7. The van der Waals surface area contributed by atoms with Crippen molar-refractivity contribution in [1.29, 1.82) is 0 Å². The van der Waals surface area contributed by atoms with E-state index in [4.69, 9.17) is 9.47 Å². The van der Waals surface area contributed by atoms with Crippen LogP contribution < -0.4 is 4.90 Å². The molecule has 0 spiro atoms. The van der Waals surface area contributed by atoms with E-state index in [2.05, 4.69) is 4.90 Å². The van der Waals surface area contributed by atoms with Gasteiger partial charge in [0.05, 0.1) is 13.2 Å². The number of esters is 2. The largest absolute Gasteiger partial charge is 0.466 e. The standard InChI is InChI=1S/C23H35NO5/c1-20(26)28-17-11-5-3-9-15-24(23-14-8-7-13-22(23)19-25)16-10-4-6-12-18-29-21(2)27/h7-8,13-14,19H,3-6,9-12,15-18H2,1-2H3. The smallest absolute Gasteiger partial charge is 0.302 e. The van der Waals surface area contributed by atoms with Crippen molar-refractivity contribution in [1.82, 2.24) is 0 Å². The number of para-hydroxylation sites is 1. The zero-order valence-electron chi connectivity index (χ0n) is 17.9. The van der Waals surface area contributed by atoms with Crippen molar-refractivity contribution >= 4 is 23.9 Å². The Balaban J connectivity index is 2.41. The molecule has 1 aromatic rings. The Morgan fingerprint density at radius 1 is 0.793 bits per heavy atom. The summed E-state index contributed by atoms with van der Waals surface area (Å²) >= 11 is 0. The molecule has 162 valence electrons. The molecule has 0 aliphatic heterocycles. The monoisotopic (exact) mass is 405 g/mol. The summed E-state index contributed by atoms with van der Waals surface area (Å²) < 4.78 is 9.92. The number of rotatable bonds is 16. The predicted molar refractivity (Wildman–Crippen MR) is 114 cm³/mol. The number of carbonyl (C=O) groups excluding carboxylic acids is 3. The van der Waals surface area contributed by atoms with Crippen LogP contribution in [0.15, 0.2) is 24.3 Å². The van der Waals surface area contributed by atoms with E-state index in [1.165, 1.54) is 13.8 Å². The zero-order chi connectivity index (χ0) is 21.3. The quantitative estimate of drug-likeness (QED) is 0.228. The van der Waals surface area contributed by atoms with Gasteiger partial charge in [-0.3, -0.25) is 14.4 Å². The predicted octanol–water partition coefficient (Wildman–Crippen LogP) is 4.55. The van der Waals surface area contributed by atoms with Gasteiger partial charge in [-0.05, 0) is 50.7 Å². The van der Waals surface area contributed by atoms with E-state index < -0.39 is 0 Å². The summed E-state index contributed by atoms with van der Waals surface area (Å²) in [5.41, 5.74) is 1.71. The molecule has 1 aromatic carbocycles. The Morgan fingerprint density at radius 2 is 1.28 bits per heavy atom. The van der Waals surface area contributed by atoms with E-state index in [1.807, 2.05) is 24.3 Å². The summed E-state index contributed by atoms with van der Waals surface area (Å²) in [6.45, 7) is 5.62. The fourth-order valence-electron chi connectivity index (χ4n) is 3.18. The summed E-state index contributed by atoms with van der Waals surface area (Å²) in [7, 11) is 0. The summed E-state index contributed by atoms with van der Waals surface area (Å²) in [5, 5.41) is 0. The number of aldehydes is 1. The van der Waals surface area contributed by atoms with E-state index in [0.717, 1.165) is 82.0 Å². The second-order valence-corrected chi connectivity index (χ2v) is 7.17. The molecule has 6 nitrogen and oxygen atoms in total. The van der Waals surface area contributed by atoms with Gasteiger partial charge in [0, 0.05) is 38.2 Å². The highest BCUT2D eigenvalue weighted by Crippen LogP contribution is 2.21. The van der Waals surface area contributed by atoms with Gasteiger partial charge in [-0.1, -0.05) is 25.0 Å². The number of ether oxygens (including phenoxy) is 2. The number of hydrogen-bond donors (Lipinski definition) is 0. The van der Waals surface area contributed by atoms with Crippen molar-refractivity contribution in [3.8, 4) is 0 Å². The SMILES string of the molecule is CC(=O)OCCCCCCN(CCCCCCOC(C)=O)c1ccccc1C=O. The molecule has 0 aliphatic carbocycles. The van der Waals surface area contributed by atoms with Crippen LogP contribution in [0.1, 0.15) is 75.6 Å². The number of carbonyl (C=O) groups is 3. The second-order valence-electron chi connectivity index (χ2n) is 7.17. The molecule has 0 N–H and O–H groups in total. The van der Waals surface area contributed by atoms with Crippen LogP contribution in [0.25, 0.3) is 0 Å². The third-order valence-corrected chi connectivity index (χ3v) is 4.66. The molecule has 0 atom stereocenters. The molecular weight excluding hydrogens is 370 g/mol. The fourth-order valence-corrected chi connectivity index (χ4v) is 3.18. The topological polar surface area (TPSA) is 72.9 Å². The highest BCUT2D eigenvalue weighted by molar-refractivity contribution is 5.84. The van der Waals surface area contributed by atoms with E-state index in [9.17, 15) is 14.4 Å². The van der Waals surface area contributed by atoms with Crippen molar-refractivity contribution in [2.75, 3.05) is 31.2 Å². The number of anilines is 1. The van der Waals surface area contributed by atoms with Gasteiger partial charge >= 0.3 is 11.9 Å². The van der Waals surface area contributed by atoms with Gasteiger partial charge in [0.2, 0.25) is 0 Å². The van der Waals surface area contributed by atoms with Crippen molar-refractivity contribution in [2.45, 2.75) is 65.2 Å². The Bertz CT molecular complexity index is 589. The molecule has 0 heterocycles. The lowest BCUT2D eigenvalue weighted by Crippen LogP contribution is -2.26. The van der Waals surface area contributed by atoms with Crippen LogP contribution in [0, 0.1) is 0 Å². The molecule has 6 heteroatoms. The second kappa shape index (κ2) is 15.5. The van der Waals surface area contributed by atoms with Crippen molar-refractivity contribution < 1.29 is 23.9 Å². The Labute approximate surface area is 174 Å². The third kappa shape index (κ3) is 11.9. The maximum Gasteiger partial charge on any atom is 0.302 e. The van der Waals surface area contributed by atoms with Gasteiger partial charge in [0.1, 0.15) is 0 Å². The molecule has 0 amide bonds. The van der Waals surface area contributed by atoms with Crippen molar-refractivity contribution in [3.05, 3.63) is 29.8 Å². The Kier molecular flexibility index (Phi) is 13.2. The van der Waals surface area contributed by atoms with Crippen LogP contribution in [0.5, 0.6) is 0 Å². The minimum atomic E-state index is -0.227.